The highest BCUT2D eigenvalue weighted by molar-refractivity contribution is 6.07. The van der Waals surface area contributed by atoms with E-state index in [1.165, 1.54) is 25.7 Å². The molecule has 0 spiro atoms. The van der Waals surface area contributed by atoms with Gasteiger partial charge in [0.2, 0.25) is 5.91 Å². The summed E-state index contributed by atoms with van der Waals surface area (Å²) in [5.74, 6) is 0.323. The first kappa shape index (κ1) is 19.0. The molecular formula is C24H30N2O2. The van der Waals surface area contributed by atoms with Gasteiger partial charge in [-0.1, -0.05) is 62.1 Å². The molecule has 1 aliphatic heterocycles. The summed E-state index contributed by atoms with van der Waals surface area (Å²) in [6.07, 6.45) is 8.78. The van der Waals surface area contributed by atoms with Crippen LogP contribution in [0.2, 0.25) is 0 Å². The number of likely N-dealkylation sites (tertiary alicyclic amines) is 1. The summed E-state index contributed by atoms with van der Waals surface area (Å²) >= 11 is 0. The van der Waals surface area contributed by atoms with Gasteiger partial charge in [0, 0.05) is 30.6 Å². The van der Waals surface area contributed by atoms with E-state index >= 15 is 0 Å². The fourth-order valence-corrected chi connectivity index (χ4v) is 4.67. The third-order valence-corrected chi connectivity index (χ3v) is 6.37. The Kier molecular flexibility index (Phi) is 5.94. The van der Waals surface area contributed by atoms with E-state index in [0.29, 0.717) is 19.1 Å². The molecule has 0 atom stereocenters. The fourth-order valence-electron chi connectivity index (χ4n) is 4.67. The number of benzene rings is 2. The predicted molar refractivity (Wildman–Crippen MR) is 112 cm³/mol. The summed E-state index contributed by atoms with van der Waals surface area (Å²) in [4.78, 5) is 27.7. The molecule has 1 aliphatic carbocycles. The highest BCUT2D eigenvalue weighted by Crippen LogP contribution is 2.24. The number of fused-ring (bicyclic) bond motifs is 1. The van der Waals surface area contributed by atoms with Crippen molar-refractivity contribution >= 4 is 22.6 Å². The number of nitrogens with one attached hydrogen (secondary N) is 1. The van der Waals surface area contributed by atoms with Crippen molar-refractivity contribution < 1.29 is 9.59 Å². The van der Waals surface area contributed by atoms with Gasteiger partial charge in [-0.25, -0.2) is 0 Å². The van der Waals surface area contributed by atoms with Gasteiger partial charge in [0.05, 0.1) is 0 Å². The molecule has 4 heteroatoms. The van der Waals surface area contributed by atoms with Crippen molar-refractivity contribution in [3.63, 3.8) is 0 Å². The first-order valence-electron chi connectivity index (χ1n) is 10.8. The van der Waals surface area contributed by atoms with Crippen molar-refractivity contribution in [3.8, 4) is 0 Å². The van der Waals surface area contributed by atoms with Crippen LogP contribution in [0.1, 0.15) is 61.7 Å². The summed E-state index contributed by atoms with van der Waals surface area (Å²) in [6, 6.07) is 14.3. The average Bonchev–Trinajstić information content (AvgIpc) is 3.01. The van der Waals surface area contributed by atoms with E-state index in [-0.39, 0.29) is 17.7 Å². The van der Waals surface area contributed by atoms with Crippen LogP contribution in [0.25, 0.3) is 10.8 Å². The Morgan fingerprint density at radius 3 is 2.25 bits per heavy atom. The Labute approximate surface area is 167 Å². The Hall–Kier alpha value is -2.36. The number of hydrogen-bond acceptors (Lipinski definition) is 2. The van der Waals surface area contributed by atoms with Crippen LogP contribution in [-0.2, 0) is 4.79 Å². The molecule has 28 heavy (non-hydrogen) atoms. The SMILES string of the molecule is O=C(NC1CCCCCC1)C1CCN(C(=O)c2cccc3ccccc23)CC1. The number of carbonyl (C=O) groups excluding carboxylic acids is 2. The lowest BCUT2D eigenvalue weighted by Crippen LogP contribution is -2.45. The zero-order chi connectivity index (χ0) is 19.3. The molecule has 4 rings (SSSR count). The maximum Gasteiger partial charge on any atom is 0.254 e. The number of rotatable bonds is 3. The smallest absolute Gasteiger partial charge is 0.254 e. The second-order valence-corrected chi connectivity index (χ2v) is 8.29. The third kappa shape index (κ3) is 4.21. The van der Waals surface area contributed by atoms with Crippen molar-refractivity contribution in [2.75, 3.05) is 13.1 Å². The van der Waals surface area contributed by atoms with Gasteiger partial charge in [0.25, 0.3) is 5.91 Å². The summed E-state index contributed by atoms with van der Waals surface area (Å²) in [5.41, 5.74) is 0.763. The van der Waals surface area contributed by atoms with Crippen molar-refractivity contribution in [1.82, 2.24) is 10.2 Å². The zero-order valence-electron chi connectivity index (χ0n) is 16.5. The highest BCUT2D eigenvalue weighted by atomic mass is 16.2. The van der Waals surface area contributed by atoms with Gasteiger partial charge < -0.3 is 10.2 Å². The van der Waals surface area contributed by atoms with E-state index in [1.807, 2.05) is 47.4 Å². The molecule has 1 saturated heterocycles. The minimum Gasteiger partial charge on any atom is -0.353 e. The van der Waals surface area contributed by atoms with Crippen LogP contribution < -0.4 is 5.32 Å². The summed E-state index contributed by atoms with van der Waals surface area (Å²) in [6.45, 7) is 1.32. The number of carbonyl (C=O) groups is 2. The molecule has 0 unspecified atom stereocenters. The molecule has 2 fully saturated rings. The van der Waals surface area contributed by atoms with Gasteiger partial charge in [-0.2, -0.15) is 0 Å². The van der Waals surface area contributed by atoms with Gasteiger partial charge in [-0.15, -0.1) is 0 Å². The lowest BCUT2D eigenvalue weighted by molar-refractivity contribution is -0.127. The second kappa shape index (κ2) is 8.76. The fraction of sp³-hybridized carbons (Fsp3) is 0.500. The van der Waals surface area contributed by atoms with E-state index in [9.17, 15) is 9.59 Å². The van der Waals surface area contributed by atoms with Crippen molar-refractivity contribution in [3.05, 3.63) is 48.0 Å². The molecule has 2 amide bonds. The van der Waals surface area contributed by atoms with Crippen molar-refractivity contribution in [1.29, 1.82) is 0 Å². The molecule has 2 aromatic rings. The number of hydrogen-bond donors (Lipinski definition) is 1. The number of amides is 2. The molecule has 2 aromatic carbocycles. The normalized spacial score (nSPS) is 19.4. The molecule has 0 bridgehead atoms. The van der Waals surface area contributed by atoms with Crippen LogP contribution in [0.3, 0.4) is 0 Å². The number of nitrogens with zero attached hydrogens (tertiary/aromatic N) is 1. The maximum atomic E-state index is 13.1. The van der Waals surface area contributed by atoms with Crippen LogP contribution in [0, 0.1) is 5.92 Å². The molecule has 0 aromatic heterocycles. The molecule has 4 nitrogen and oxygen atoms in total. The lowest BCUT2D eigenvalue weighted by atomic mass is 9.94. The first-order chi connectivity index (χ1) is 13.7. The average molecular weight is 379 g/mol. The second-order valence-electron chi connectivity index (χ2n) is 8.29. The molecular weight excluding hydrogens is 348 g/mol. The maximum absolute atomic E-state index is 13.1. The van der Waals surface area contributed by atoms with E-state index in [2.05, 4.69) is 5.32 Å². The Morgan fingerprint density at radius 1 is 0.821 bits per heavy atom. The zero-order valence-corrected chi connectivity index (χ0v) is 16.5. The molecule has 148 valence electrons. The highest BCUT2D eigenvalue weighted by Gasteiger charge is 2.29. The monoisotopic (exact) mass is 378 g/mol. The standard InChI is InChI=1S/C24H30N2O2/c27-23(25-20-10-3-1-2-4-11-20)19-14-16-26(17-15-19)24(28)22-13-7-9-18-8-5-6-12-21(18)22/h5-9,12-13,19-20H,1-4,10-11,14-17H2,(H,25,27). The van der Waals surface area contributed by atoms with Crippen molar-refractivity contribution in [2.24, 2.45) is 5.92 Å². The summed E-state index contributed by atoms with van der Waals surface area (Å²) < 4.78 is 0. The largest absolute Gasteiger partial charge is 0.353 e. The summed E-state index contributed by atoms with van der Waals surface area (Å²) in [7, 11) is 0. The minimum atomic E-state index is 0.0415. The molecule has 2 aliphatic rings. The van der Waals surface area contributed by atoms with Gasteiger partial charge in [0.15, 0.2) is 0 Å². The minimum absolute atomic E-state index is 0.0415. The Morgan fingerprint density at radius 2 is 1.50 bits per heavy atom. The van der Waals surface area contributed by atoms with E-state index < -0.39 is 0 Å². The molecule has 1 N–H and O–H groups in total. The molecule has 0 radical (unpaired) electrons. The Bertz CT molecular complexity index is 826. The Balaban J connectivity index is 1.35. The van der Waals surface area contributed by atoms with Gasteiger partial charge in [-0.05, 0) is 42.5 Å². The van der Waals surface area contributed by atoms with Gasteiger partial charge in [0.1, 0.15) is 0 Å². The van der Waals surface area contributed by atoms with Crippen LogP contribution >= 0.6 is 0 Å². The van der Waals surface area contributed by atoms with E-state index in [0.717, 1.165) is 42.0 Å². The quantitative estimate of drug-likeness (QED) is 0.798. The van der Waals surface area contributed by atoms with Gasteiger partial charge >= 0.3 is 0 Å². The van der Waals surface area contributed by atoms with Crippen LogP contribution in [0.5, 0.6) is 0 Å². The topological polar surface area (TPSA) is 49.4 Å². The predicted octanol–water partition coefficient (Wildman–Crippen LogP) is 4.53. The van der Waals surface area contributed by atoms with Crippen LogP contribution in [0.15, 0.2) is 42.5 Å². The van der Waals surface area contributed by atoms with E-state index in [4.69, 9.17) is 0 Å². The molecule has 1 saturated carbocycles. The summed E-state index contributed by atoms with van der Waals surface area (Å²) in [5, 5.41) is 5.38. The number of piperidine rings is 1. The third-order valence-electron chi connectivity index (χ3n) is 6.37. The van der Waals surface area contributed by atoms with Crippen molar-refractivity contribution in [2.45, 2.75) is 57.4 Å². The van der Waals surface area contributed by atoms with Crippen LogP contribution in [-0.4, -0.2) is 35.8 Å². The first-order valence-corrected chi connectivity index (χ1v) is 10.8. The van der Waals surface area contributed by atoms with E-state index in [1.54, 1.807) is 0 Å². The van der Waals surface area contributed by atoms with Gasteiger partial charge in [-0.3, -0.25) is 9.59 Å². The van der Waals surface area contributed by atoms with Crippen LogP contribution in [0.4, 0.5) is 0 Å². The molecule has 1 heterocycles. The lowest BCUT2D eigenvalue weighted by Gasteiger charge is -2.32.